The van der Waals surface area contributed by atoms with Crippen LogP contribution in [0.3, 0.4) is 0 Å². The molecule has 2 aromatic heterocycles. The fraction of sp³-hybridized carbons (Fsp3) is 0.214. The number of nitrogens with zero attached hydrogens (tertiary/aromatic N) is 3. The highest BCUT2D eigenvalue weighted by atomic mass is 35.5. The van der Waals surface area contributed by atoms with E-state index in [0.717, 1.165) is 32.9 Å². The van der Waals surface area contributed by atoms with Crippen LogP contribution in [0.2, 0.25) is 5.02 Å². The summed E-state index contributed by atoms with van der Waals surface area (Å²) < 4.78 is 3.94. The predicted octanol–water partition coefficient (Wildman–Crippen LogP) is 3.12. The minimum atomic E-state index is 0.688. The standard InChI is InChI=1S/C14H15ClN4/c1-8-13(14-11(16)7-17-19(14)3)10-5-4-9(15)6-12(10)18(8)2/h4-7H,16H2,1-3H3. The van der Waals surface area contributed by atoms with Gasteiger partial charge in [0.1, 0.15) is 0 Å². The molecule has 4 nitrogen and oxygen atoms in total. The average molecular weight is 275 g/mol. The summed E-state index contributed by atoms with van der Waals surface area (Å²) >= 11 is 6.08. The molecule has 1 aromatic carbocycles. The molecular weight excluding hydrogens is 260 g/mol. The summed E-state index contributed by atoms with van der Waals surface area (Å²) in [5.74, 6) is 0. The van der Waals surface area contributed by atoms with Gasteiger partial charge in [-0.05, 0) is 19.1 Å². The summed E-state index contributed by atoms with van der Waals surface area (Å²) in [5, 5.41) is 6.10. The third-order valence-corrected chi connectivity index (χ3v) is 3.89. The largest absolute Gasteiger partial charge is 0.396 e. The van der Waals surface area contributed by atoms with Gasteiger partial charge in [-0.3, -0.25) is 4.68 Å². The van der Waals surface area contributed by atoms with E-state index >= 15 is 0 Å². The number of aromatic nitrogens is 3. The maximum absolute atomic E-state index is 6.08. The predicted molar refractivity (Wildman–Crippen MR) is 79.3 cm³/mol. The summed E-state index contributed by atoms with van der Waals surface area (Å²) in [4.78, 5) is 0. The van der Waals surface area contributed by atoms with Gasteiger partial charge in [-0.25, -0.2) is 0 Å². The van der Waals surface area contributed by atoms with Crippen LogP contribution >= 0.6 is 11.6 Å². The van der Waals surface area contributed by atoms with E-state index in [2.05, 4.69) is 16.6 Å². The number of fused-ring (bicyclic) bond motifs is 1. The van der Waals surface area contributed by atoms with Gasteiger partial charge in [0.15, 0.2) is 0 Å². The van der Waals surface area contributed by atoms with Crippen molar-refractivity contribution in [1.82, 2.24) is 14.3 Å². The molecule has 2 heterocycles. The smallest absolute Gasteiger partial charge is 0.0932 e. The molecule has 3 aromatic rings. The second-order valence-electron chi connectivity index (χ2n) is 4.75. The first kappa shape index (κ1) is 12.1. The van der Waals surface area contributed by atoms with Crippen molar-refractivity contribution in [2.24, 2.45) is 14.1 Å². The van der Waals surface area contributed by atoms with E-state index in [0.29, 0.717) is 5.69 Å². The molecule has 0 atom stereocenters. The molecule has 0 aliphatic rings. The van der Waals surface area contributed by atoms with Crippen LogP contribution in [0.15, 0.2) is 24.4 Å². The first-order valence-electron chi connectivity index (χ1n) is 6.03. The second-order valence-corrected chi connectivity index (χ2v) is 5.19. The number of anilines is 1. The highest BCUT2D eigenvalue weighted by Crippen LogP contribution is 2.37. The summed E-state index contributed by atoms with van der Waals surface area (Å²) in [6.45, 7) is 2.08. The van der Waals surface area contributed by atoms with E-state index in [9.17, 15) is 0 Å². The molecule has 0 saturated heterocycles. The van der Waals surface area contributed by atoms with Crippen molar-refractivity contribution in [3.8, 4) is 11.3 Å². The third kappa shape index (κ3) is 1.64. The van der Waals surface area contributed by atoms with Gasteiger partial charge in [0.2, 0.25) is 0 Å². The van der Waals surface area contributed by atoms with Gasteiger partial charge in [-0.15, -0.1) is 0 Å². The van der Waals surface area contributed by atoms with Crippen molar-refractivity contribution >= 4 is 28.2 Å². The van der Waals surface area contributed by atoms with Crippen LogP contribution in [0.4, 0.5) is 5.69 Å². The highest BCUT2D eigenvalue weighted by molar-refractivity contribution is 6.31. The maximum Gasteiger partial charge on any atom is 0.0932 e. The molecule has 0 fully saturated rings. The molecule has 0 radical (unpaired) electrons. The molecule has 5 heteroatoms. The average Bonchev–Trinajstić information content (AvgIpc) is 2.81. The van der Waals surface area contributed by atoms with Crippen LogP contribution in [-0.4, -0.2) is 14.3 Å². The molecule has 0 bridgehead atoms. The van der Waals surface area contributed by atoms with Crippen molar-refractivity contribution in [1.29, 1.82) is 0 Å². The van der Waals surface area contributed by atoms with Crippen molar-refractivity contribution in [3.63, 3.8) is 0 Å². The van der Waals surface area contributed by atoms with Gasteiger partial charge < -0.3 is 10.3 Å². The van der Waals surface area contributed by atoms with E-state index in [4.69, 9.17) is 17.3 Å². The summed E-state index contributed by atoms with van der Waals surface area (Å²) in [6, 6.07) is 5.91. The van der Waals surface area contributed by atoms with Crippen molar-refractivity contribution in [2.45, 2.75) is 6.92 Å². The number of benzene rings is 1. The zero-order valence-electron chi connectivity index (χ0n) is 11.1. The Kier molecular flexibility index (Phi) is 2.57. The summed E-state index contributed by atoms with van der Waals surface area (Å²) in [6.07, 6.45) is 1.68. The monoisotopic (exact) mass is 274 g/mol. The van der Waals surface area contributed by atoms with E-state index in [-0.39, 0.29) is 0 Å². The van der Waals surface area contributed by atoms with E-state index in [1.807, 2.05) is 37.0 Å². The van der Waals surface area contributed by atoms with Gasteiger partial charge >= 0.3 is 0 Å². The Hall–Kier alpha value is -1.94. The Morgan fingerprint density at radius 3 is 2.63 bits per heavy atom. The highest BCUT2D eigenvalue weighted by Gasteiger charge is 2.18. The number of rotatable bonds is 1. The molecule has 19 heavy (non-hydrogen) atoms. The number of hydrogen-bond acceptors (Lipinski definition) is 2. The van der Waals surface area contributed by atoms with Crippen LogP contribution in [-0.2, 0) is 14.1 Å². The van der Waals surface area contributed by atoms with Gasteiger partial charge in [-0.2, -0.15) is 5.10 Å². The Morgan fingerprint density at radius 2 is 2.00 bits per heavy atom. The lowest BCUT2D eigenvalue weighted by atomic mass is 10.1. The van der Waals surface area contributed by atoms with E-state index < -0.39 is 0 Å². The normalized spacial score (nSPS) is 11.4. The lowest BCUT2D eigenvalue weighted by Gasteiger charge is -2.05. The molecule has 0 amide bonds. The first-order valence-corrected chi connectivity index (χ1v) is 6.41. The zero-order valence-corrected chi connectivity index (χ0v) is 11.9. The lowest BCUT2D eigenvalue weighted by Crippen LogP contribution is -1.98. The number of nitrogens with two attached hydrogens (primary N) is 1. The minimum Gasteiger partial charge on any atom is -0.396 e. The number of hydrogen-bond donors (Lipinski definition) is 1. The molecule has 0 aliphatic heterocycles. The molecule has 0 unspecified atom stereocenters. The van der Waals surface area contributed by atoms with Gasteiger partial charge in [-0.1, -0.05) is 17.7 Å². The molecule has 0 aliphatic carbocycles. The fourth-order valence-electron chi connectivity index (χ4n) is 2.60. The molecule has 2 N–H and O–H groups in total. The van der Waals surface area contributed by atoms with Crippen LogP contribution in [0.1, 0.15) is 5.69 Å². The summed E-state index contributed by atoms with van der Waals surface area (Å²) in [5.41, 5.74) is 11.1. The Morgan fingerprint density at radius 1 is 1.26 bits per heavy atom. The van der Waals surface area contributed by atoms with Crippen LogP contribution in [0.25, 0.3) is 22.2 Å². The topological polar surface area (TPSA) is 48.8 Å². The maximum atomic E-state index is 6.08. The summed E-state index contributed by atoms with van der Waals surface area (Å²) in [7, 11) is 3.93. The molecule has 0 saturated carbocycles. The lowest BCUT2D eigenvalue weighted by molar-refractivity contribution is 0.775. The van der Waals surface area contributed by atoms with Gasteiger partial charge in [0.05, 0.1) is 23.1 Å². The second kappa shape index (κ2) is 4.03. The third-order valence-electron chi connectivity index (χ3n) is 3.66. The molecule has 98 valence electrons. The molecular formula is C14H15ClN4. The van der Waals surface area contributed by atoms with E-state index in [1.54, 1.807) is 6.20 Å². The minimum absolute atomic E-state index is 0.688. The van der Waals surface area contributed by atoms with Crippen LogP contribution in [0.5, 0.6) is 0 Å². The van der Waals surface area contributed by atoms with Gasteiger partial charge in [0, 0.05) is 35.8 Å². The van der Waals surface area contributed by atoms with Crippen LogP contribution in [0, 0.1) is 6.92 Å². The van der Waals surface area contributed by atoms with E-state index in [1.165, 1.54) is 0 Å². The number of aryl methyl sites for hydroxylation is 2. The van der Waals surface area contributed by atoms with Crippen LogP contribution < -0.4 is 5.73 Å². The Balaban J connectivity index is 2.45. The van der Waals surface area contributed by atoms with Crippen molar-refractivity contribution in [3.05, 3.63) is 35.1 Å². The number of halogens is 1. The molecule has 0 spiro atoms. The molecule has 3 rings (SSSR count). The van der Waals surface area contributed by atoms with Crippen molar-refractivity contribution < 1.29 is 0 Å². The first-order chi connectivity index (χ1) is 9.00. The van der Waals surface area contributed by atoms with Crippen molar-refractivity contribution in [2.75, 3.05) is 5.73 Å². The quantitative estimate of drug-likeness (QED) is 0.741. The zero-order chi connectivity index (χ0) is 13.7. The Bertz CT molecular complexity index is 763. The fourth-order valence-corrected chi connectivity index (χ4v) is 2.76. The number of nitrogen functional groups attached to an aromatic ring is 1. The Labute approximate surface area is 116 Å². The van der Waals surface area contributed by atoms with Gasteiger partial charge in [0.25, 0.3) is 0 Å². The SMILES string of the molecule is Cc1c(-c2c(N)cnn2C)c2ccc(Cl)cc2n1C.